The Morgan fingerprint density at radius 1 is 1.53 bits per heavy atom. The molecule has 0 bridgehead atoms. The first kappa shape index (κ1) is 13.9. The van der Waals surface area contributed by atoms with Gasteiger partial charge >= 0.3 is 0 Å². The van der Waals surface area contributed by atoms with E-state index in [9.17, 15) is 4.79 Å². The highest BCUT2D eigenvalue weighted by Crippen LogP contribution is 2.06. The molecule has 0 aliphatic carbocycles. The molecule has 0 saturated heterocycles. The van der Waals surface area contributed by atoms with Crippen molar-refractivity contribution >= 4 is 17.5 Å². The molecule has 17 heavy (non-hydrogen) atoms. The van der Waals surface area contributed by atoms with Gasteiger partial charge in [-0.05, 0) is 12.3 Å². The van der Waals surface area contributed by atoms with Crippen LogP contribution >= 0.6 is 11.6 Å². The number of carbonyl (C=O) groups is 1. The van der Waals surface area contributed by atoms with E-state index in [2.05, 4.69) is 15.3 Å². The third kappa shape index (κ3) is 4.66. The van der Waals surface area contributed by atoms with Crippen molar-refractivity contribution in [3.63, 3.8) is 0 Å². The Balaban J connectivity index is 2.46. The van der Waals surface area contributed by atoms with E-state index in [0.29, 0.717) is 13.0 Å². The van der Waals surface area contributed by atoms with Gasteiger partial charge in [-0.2, -0.15) is 0 Å². The average Bonchev–Trinajstić information content (AvgIpc) is 2.35. The molecule has 1 aromatic rings. The zero-order valence-electron chi connectivity index (χ0n) is 9.69. The maximum absolute atomic E-state index is 11.7. The van der Waals surface area contributed by atoms with E-state index >= 15 is 0 Å². The average molecular weight is 258 g/mol. The van der Waals surface area contributed by atoms with E-state index in [-0.39, 0.29) is 29.3 Å². The second-order valence-corrected chi connectivity index (χ2v) is 4.11. The molecule has 0 saturated carbocycles. The van der Waals surface area contributed by atoms with Crippen molar-refractivity contribution < 1.29 is 9.90 Å². The Morgan fingerprint density at radius 2 is 2.29 bits per heavy atom. The molecule has 1 unspecified atom stereocenters. The number of hydrogen-bond donors (Lipinski definition) is 2. The lowest BCUT2D eigenvalue weighted by molar-refractivity contribution is 0.0938. The topological polar surface area (TPSA) is 75.1 Å². The predicted octanol–water partition coefficient (Wildman–Crippen LogP) is 1.27. The van der Waals surface area contributed by atoms with E-state index in [4.69, 9.17) is 16.7 Å². The van der Waals surface area contributed by atoms with Crippen LogP contribution in [-0.4, -0.2) is 34.1 Å². The Bertz CT molecular complexity index is 356. The SMILES string of the molecule is CCC(CCO)CNC(=O)c1cnc(Cl)cn1. The molecule has 1 heterocycles. The number of amides is 1. The van der Waals surface area contributed by atoms with Gasteiger partial charge in [0.2, 0.25) is 0 Å². The van der Waals surface area contributed by atoms with E-state index < -0.39 is 0 Å². The number of hydrogen-bond acceptors (Lipinski definition) is 4. The van der Waals surface area contributed by atoms with Crippen LogP contribution in [0.3, 0.4) is 0 Å². The van der Waals surface area contributed by atoms with Crippen LogP contribution in [0.5, 0.6) is 0 Å². The van der Waals surface area contributed by atoms with Gasteiger partial charge in [0.1, 0.15) is 10.8 Å². The Kier molecular flexibility index (Phi) is 5.86. The zero-order chi connectivity index (χ0) is 12.7. The fourth-order valence-electron chi connectivity index (χ4n) is 1.39. The van der Waals surface area contributed by atoms with Crippen molar-refractivity contribution in [3.05, 3.63) is 23.2 Å². The molecule has 2 N–H and O–H groups in total. The third-order valence-corrected chi connectivity index (χ3v) is 2.71. The number of aromatic nitrogens is 2. The summed E-state index contributed by atoms with van der Waals surface area (Å²) in [4.78, 5) is 19.3. The molecule has 1 aromatic heterocycles. The first-order chi connectivity index (χ1) is 8.17. The van der Waals surface area contributed by atoms with Crippen LogP contribution in [0.2, 0.25) is 5.15 Å². The van der Waals surface area contributed by atoms with Crippen molar-refractivity contribution in [2.24, 2.45) is 5.92 Å². The Morgan fingerprint density at radius 3 is 2.82 bits per heavy atom. The molecule has 94 valence electrons. The van der Waals surface area contributed by atoms with Crippen LogP contribution in [0.15, 0.2) is 12.4 Å². The molecule has 0 fully saturated rings. The van der Waals surface area contributed by atoms with Gasteiger partial charge < -0.3 is 10.4 Å². The van der Waals surface area contributed by atoms with E-state index in [1.54, 1.807) is 0 Å². The van der Waals surface area contributed by atoms with Crippen LogP contribution < -0.4 is 5.32 Å². The van der Waals surface area contributed by atoms with Crippen LogP contribution in [0, 0.1) is 5.92 Å². The number of nitrogens with one attached hydrogen (secondary N) is 1. The fourth-order valence-corrected chi connectivity index (χ4v) is 1.49. The molecule has 0 radical (unpaired) electrons. The lowest BCUT2D eigenvalue weighted by Crippen LogP contribution is -2.30. The largest absolute Gasteiger partial charge is 0.396 e. The Hall–Kier alpha value is -1.20. The second-order valence-electron chi connectivity index (χ2n) is 3.72. The summed E-state index contributed by atoms with van der Waals surface area (Å²) in [5.41, 5.74) is 0.244. The lowest BCUT2D eigenvalue weighted by Gasteiger charge is -2.13. The molecule has 0 spiro atoms. The van der Waals surface area contributed by atoms with Gasteiger partial charge in [0.15, 0.2) is 0 Å². The molecular weight excluding hydrogens is 242 g/mol. The van der Waals surface area contributed by atoms with E-state index in [1.165, 1.54) is 12.4 Å². The normalized spacial score (nSPS) is 12.2. The van der Waals surface area contributed by atoms with Gasteiger partial charge in [-0.3, -0.25) is 4.79 Å². The number of nitrogens with zero attached hydrogens (tertiary/aromatic N) is 2. The monoisotopic (exact) mass is 257 g/mol. The van der Waals surface area contributed by atoms with Crippen LogP contribution in [-0.2, 0) is 0 Å². The molecule has 1 amide bonds. The Labute approximate surface area is 105 Å². The minimum Gasteiger partial charge on any atom is -0.396 e. The third-order valence-electron chi connectivity index (χ3n) is 2.52. The van der Waals surface area contributed by atoms with Gasteiger partial charge in [-0.15, -0.1) is 0 Å². The van der Waals surface area contributed by atoms with Gasteiger partial charge in [0.05, 0.1) is 12.4 Å². The van der Waals surface area contributed by atoms with E-state index in [0.717, 1.165) is 6.42 Å². The number of aliphatic hydroxyl groups is 1. The van der Waals surface area contributed by atoms with Crippen molar-refractivity contribution in [1.29, 1.82) is 0 Å². The molecule has 0 aromatic carbocycles. The summed E-state index contributed by atoms with van der Waals surface area (Å²) < 4.78 is 0. The lowest BCUT2D eigenvalue weighted by atomic mass is 10.0. The summed E-state index contributed by atoms with van der Waals surface area (Å²) in [5, 5.41) is 11.8. The van der Waals surface area contributed by atoms with Crippen LogP contribution in [0.4, 0.5) is 0 Å². The highest BCUT2D eigenvalue weighted by atomic mass is 35.5. The predicted molar refractivity (Wildman–Crippen MR) is 64.9 cm³/mol. The number of rotatable bonds is 6. The molecule has 1 atom stereocenters. The first-order valence-corrected chi connectivity index (χ1v) is 5.91. The quantitative estimate of drug-likeness (QED) is 0.805. The highest BCUT2D eigenvalue weighted by Gasteiger charge is 2.11. The minimum absolute atomic E-state index is 0.134. The van der Waals surface area contributed by atoms with Crippen molar-refractivity contribution in [2.45, 2.75) is 19.8 Å². The van der Waals surface area contributed by atoms with Crippen molar-refractivity contribution in [3.8, 4) is 0 Å². The maximum atomic E-state index is 11.7. The summed E-state index contributed by atoms with van der Waals surface area (Å²) in [6.45, 7) is 2.68. The second kappa shape index (κ2) is 7.19. The smallest absolute Gasteiger partial charge is 0.271 e. The fraction of sp³-hybridized carbons (Fsp3) is 0.545. The van der Waals surface area contributed by atoms with Gasteiger partial charge in [0.25, 0.3) is 5.91 Å². The first-order valence-electron chi connectivity index (χ1n) is 5.54. The summed E-state index contributed by atoms with van der Waals surface area (Å²) in [5.74, 6) is 0.00904. The molecule has 6 heteroatoms. The van der Waals surface area contributed by atoms with Gasteiger partial charge in [-0.1, -0.05) is 24.9 Å². The molecule has 5 nitrogen and oxygen atoms in total. The van der Waals surface area contributed by atoms with Crippen molar-refractivity contribution in [2.75, 3.05) is 13.2 Å². The highest BCUT2D eigenvalue weighted by molar-refractivity contribution is 6.29. The summed E-state index contributed by atoms with van der Waals surface area (Å²) in [6.07, 6.45) is 4.27. The summed E-state index contributed by atoms with van der Waals surface area (Å²) in [6, 6.07) is 0. The van der Waals surface area contributed by atoms with Crippen LogP contribution in [0.1, 0.15) is 30.3 Å². The van der Waals surface area contributed by atoms with Crippen molar-refractivity contribution in [1.82, 2.24) is 15.3 Å². The standard InChI is InChI=1S/C11H16ClN3O2/c1-2-8(3-4-16)5-15-11(17)9-6-14-10(12)7-13-9/h6-8,16H,2-5H2,1H3,(H,15,17). The molecule has 0 aliphatic heterocycles. The van der Waals surface area contributed by atoms with E-state index in [1.807, 2.05) is 6.92 Å². The summed E-state index contributed by atoms with van der Waals surface area (Å²) >= 11 is 5.57. The number of aliphatic hydroxyl groups excluding tert-OH is 1. The summed E-state index contributed by atoms with van der Waals surface area (Å²) in [7, 11) is 0. The zero-order valence-corrected chi connectivity index (χ0v) is 10.4. The number of carbonyl (C=O) groups excluding carboxylic acids is 1. The minimum atomic E-state index is -0.273. The molecule has 1 rings (SSSR count). The van der Waals surface area contributed by atoms with Crippen LogP contribution in [0.25, 0.3) is 0 Å². The molecule has 0 aliphatic rings. The van der Waals surface area contributed by atoms with Gasteiger partial charge in [0, 0.05) is 13.2 Å². The maximum Gasteiger partial charge on any atom is 0.271 e. The van der Waals surface area contributed by atoms with Gasteiger partial charge in [-0.25, -0.2) is 9.97 Å². The number of halogens is 1. The molecular formula is C11H16ClN3O2.